The summed E-state index contributed by atoms with van der Waals surface area (Å²) in [7, 11) is 1.56. The van der Waals surface area contributed by atoms with Crippen LogP contribution in [0.15, 0.2) is 29.5 Å². The Morgan fingerprint density at radius 1 is 1.46 bits per heavy atom. The number of alkyl halides is 1. The van der Waals surface area contributed by atoms with Gasteiger partial charge in [-0.3, -0.25) is 0 Å². The number of hydrogen-bond acceptors (Lipinski definition) is 4. The highest BCUT2D eigenvalue weighted by Crippen LogP contribution is 2.23. The minimum Gasteiger partial charge on any atom is -0.496 e. The van der Waals surface area contributed by atoms with E-state index in [1.54, 1.807) is 32.2 Å². The molecule has 1 aromatic rings. The second-order valence-electron chi connectivity index (χ2n) is 5.19. The molecule has 0 aromatic heterocycles. The molecule has 0 radical (unpaired) electrons. The van der Waals surface area contributed by atoms with Gasteiger partial charge in [-0.05, 0) is 42.9 Å². The highest BCUT2D eigenvalue weighted by molar-refractivity contribution is 7.80. The van der Waals surface area contributed by atoms with E-state index >= 15 is 0 Å². The van der Waals surface area contributed by atoms with Crippen molar-refractivity contribution >= 4 is 34.9 Å². The lowest BCUT2D eigenvalue weighted by Crippen LogP contribution is -2.50. The third kappa shape index (κ3) is 4.36. The number of halogens is 2. The van der Waals surface area contributed by atoms with Gasteiger partial charge < -0.3 is 20.1 Å². The maximum atomic E-state index is 13.1. The summed E-state index contributed by atoms with van der Waals surface area (Å²) < 4.78 is 23.7. The normalized spacial score (nSPS) is 17.2. The smallest absolute Gasteiger partial charge is 0.337 e. The van der Waals surface area contributed by atoms with Crippen LogP contribution in [-0.4, -0.2) is 37.5 Å². The number of ether oxygens (including phenoxy) is 2. The Morgan fingerprint density at radius 2 is 2.21 bits per heavy atom. The van der Waals surface area contributed by atoms with Crippen LogP contribution in [0.25, 0.3) is 0 Å². The topological polar surface area (TPSA) is 59.6 Å². The highest BCUT2D eigenvalue weighted by atomic mass is 35.5. The van der Waals surface area contributed by atoms with E-state index in [0.29, 0.717) is 22.9 Å². The van der Waals surface area contributed by atoms with Gasteiger partial charge in [0.1, 0.15) is 12.4 Å². The molecule has 130 valence electrons. The van der Waals surface area contributed by atoms with Crippen LogP contribution in [0, 0.1) is 0 Å². The van der Waals surface area contributed by atoms with Gasteiger partial charge in [0, 0.05) is 17.1 Å². The number of methoxy groups -OCH3 is 1. The van der Waals surface area contributed by atoms with Crippen LogP contribution in [0.4, 0.5) is 4.39 Å². The number of carbonyl (C=O) groups is 1. The van der Waals surface area contributed by atoms with E-state index in [4.69, 9.17) is 33.3 Å². The number of rotatable bonds is 6. The third-order valence-electron chi connectivity index (χ3n) is 3.58. The van der Waals surface area contributed by atoms with Crippen LogP contribution in [0.3, 0.4) is 0 Å². The zero-order valence-electron chi connectivity index (χ0n) is 13.3. The molecule has 5 nitrogen and oxygen atoms in total. The summed E-state index contributed by atoms with van der Waals surface area (Å²) in [6, 6.07) is 4.43. The highest BCUT2D eigenvalue weighted by Gasteiger charge is 2.29. The van der Waals surface area contributed by atoms with Crippen LogP contribution in [-0.2, 0) is 16.0 Å². The Kier molecular flexibility index (Phi) is 6.39. The molecule has 1 atom stereocenters. The molecule has 0 fully saturated rings. The Bertz CT molecular complexity index is 681. The second kappa shape index (κ2) is 8.30. The number of esters is 1. The molecule has 0 amide bonds. The van der Waals surface area contributed by atoms with E-state index in [9.17, 15) is 9.18 Å². The van der Waals surface area contributed by atoms with E-state index in [1.165, 1.54) is 0 Å². The van der Waals surface area contributed by atoms with Crippen molar-refractivity contribution < 1.29 is 18.7 Å². The van der Waals surface area contributed by atoms with Crippen LogP contribution in [0.5, 0.6) is 5.75 Å². The quantitative estimate of drug-likeness (QED) is 0.591. The second-order valence-corrected chi connectivity index (χ2v) is 6.03. The Morgan fingerprint density at radius 3 is 2.88 bits per heavy atom. The van der Waals surface area contributed by atoms with Crippen molar-refractivity contribution in [3.05, 3.63) is 40.1 Å². The Hall–Kier alpha value is -1.86. The summed E-state index contributed by atoms with van der Waals surface area (Å²) in [6.07, 6.45) is 0.432. The number of benzene rings is 1. The first kappa shape index (κ1) is 18.5. The zero-order valence-corrected chi connectivity index (χ0v) is 14.9. The number of carbonyl (C=O) groups excluding carboxylic acids is 1. The molecule has 2 rings (SSSR count). The van der Waals surface area contributed by atoms with Gasteiger partial charge in [-0.25, -0.2) is 9.18 Å². The van der Waals surface area contributed by atoms with Gasteiger partial charge >= 0.3 is 5.97 Å². The molecule has 0 aliphatic carbocycles. The van der Waals surface area contributed by atoms with Gasteiger partial charge in [-0.1, -0.05) is 11.6 Å². The SMILES string of the molecule is COc1ccc(Cl)cc1CCOC(=O)C1=C(C)NC(=S)NC1CF. The van der Waals surface area contributed by atoms with E-state index in [2.05, 4.69) is 10.6 Å². The van der Waals surface area contributed by atoms with Crippen molar-refractivity contribution in [2.75, 3.05) is 20.4 Å². The molecule has 2 N–H and O–H groups in total. The first-order valence-corrected chi connectivity index (χ1v) is 8.08. The molecular formula is C16H18ClFN2O3S. The average molecular weight is 373 g/mol. The molecule has 0 bridgehead atoms. The van der Waals surface area contributed by atoms with E-state index in [-0.39, 0.29) is 17.3 Å². The minimum atomic E-state index is -0.799. The summed E-state index contributed by atoms with van der Waals surface area (Å²) in [5, 5.41) is 6.37. The predicted molar refractivity (Wildman–Crippen MR) is 94.0 cm³/mol. The summed E-state index contributed by atoms with van der Waals surface area (Å²) in [5.41, 5.74) is 1.53. The summed E-state index contributed by atoms with van der Waals surface area (Å²) in [6.45, 7) is 1.02. The lowest BCUT2D eigenvalue weighted by atomic mass is 10.0. The standard InChI is InChI=1S/C16H18ClFN2O3S/c1-9-14(12(8-18)20-16(24)19-9)15(21)23-6-5-10-7-11(17)3-4-13(10)22-2/h3-4,7,12H,5-6,8H2,1-2H3,(H2,19,20,24). The van der Waals surface area contributed by atoms with Crippen LogP contribution in [0.1, 0.15) is 12.5 Å². The minimum absolute atomic E-state index is 0.121. The monoisotopic (exact) mass is 372 g/mol. The molecule has 1 aromatic carbocycles. The zero-order chi connectivity index (χ0) is 17.7. The van der Waals surface area contributed by atoms with Gasteiger partial charge in [-0.15, -0.1) is 0 Å². The van der Waals surface area contributed by atoms with Crippen molar-refractivity contribution in [2.24, 2.45) is 0 Å². The predicted octanol–water partition coefficient (Wildman–Crippen LogP) is 2.52. The molecule has 24 heavy (non-hydrogen) atoms. The lowest BCUT2D eigenvalue weighted by Gasteiger charge is -2.27. The van der Waals surface area contributed by atoms with Crippen molar-refractivity contribution in [3.63, 3.8) is 0 Å². The summed E-state index contributed by atoms with van der Waals surface area (Å²) in [4.78, 5) is 12.3. The van der Waals surface area contributed by atoms with Crippen LogP contribution in [0.2, 0.25) is 5.02 Å². The van der Waals surface area contributed by atoms with E-state index < -0.39 is 18.7 Å². The fraction of sp³-hybridized carbons (Fsp3) is 0.375. The molecule has 0 spiro atoms. The fourth-order valence-corrected chi connectivity index (χ4v) is 2.94. The molecule has 1 heterocycles. The number of nitrogens with one attached hydrogen (secondary N) is 2. The fourth-order valence-electron chi connectivity index (χ4n) is 2.45. The molecule has 1 aliphatic heterocycles. The van der Waals surface area contributed by atoms with Crippen molar-refractivity contribution in [1.82, 2.24) is 10.6 Å². The Labute approximate surface area is 150 Å². The van der Waals surface area contributed by atoms with Gasteiger partial charge in [0.05, 0.1) is 25.3 Å². The van der Waals surface area contributed by atoms with Gasteiger partial charge in [0.15, 0.2) is 5.11 Å². The van der Waals surface area contributed by atoms with E-state index in [0.717, 1.165) is 5.56 Å². The van der Waals surface area contributed by atoms with Crippen LogP contribution < -0.4 is 15.4 Å². The molecule has 1 aliphatic rings. The third-order valence-corrected chi connectivity index (χ3v) is 4.04. The van der Waals surface area contributed by atoms with E-state index in [1.807, 2.05) is 0 Å². The molecule has 8 heteroatoms. The molecule has 0 saturated heterocycles. The lowest BCUT2D eigenvalue weighted by molar-refractivity contribution is -0.139. The number of allylic oxidation sites excluding steroid dienone is 1. The molecule has 0 saturated carbocycles. The molecule has 1 unspecified atom stereocenters. The number of thiocarbonyl (C=S) groups is 1. The average Bonchev–Trinajstić information content (AvgIpc) is 2.54. The van der Waals surface area contributed by atoms with Crippen LogP contribution >= 0.6 is 23.8 Å². The van der Waals surface area contributed by atoms with Gasteiger partial charge in [0.25, 0.3) is 0 Å². The van der Waals surface area contributed by atoms with Gasteiger partial charge in [0.2, 0.25) is 0 Å². The van der Waals surface area contributed by atoms with Crippen molar-refractivity contribution in [3.8, 4) is 5.75 Å². The first-order valence-electron chi connectivity index (χ1n) is 7.30. The maximum absolute atomic E-state index is 13.1. The largest absolute Gasteiger partial charge is 0.496 e. The molecular weight excluding hydrogens is 355 g/mol. The van der Waals surface area contributed by atoms with Gasteiger partial charge in [-0.2, -0.15) is 0 Å². The van der Waals surface area contributed by atoms with Crippen molar-refractivity contribution in [1.29, 1.82) is 0 Å². The Balaban J connectivity index is 2.02. The van der Waals surface area contributed by atoms with Crippen molar-refractivity contribution in [2.45, 2.75) is 19.4 Å². The first-order chi connectivity index (χ1) is 11.5. The summed E-state index contributed by atoms with van der Waals surface area (Å²) in [5.74, 6) is 0.0810. The summed E-state index contributed by atoms with van der Waals surface area (Å²) >= 11 is 10.9. The number of hydrogen-bond donors (Lipinski definition) is 2. The maximum Gasteiger partial charge on any atom is 0.337 e.